The molecule has 0 aromatic heterocycles. The third-order valence-electron chi connectivity index (χ3n) is 3.50. The standard InChI is InChI=1S/C18H23ClN2O3/c1-18(2,3)24-17(23)21-15-10-14(11-15)20-16(22)9-6-12-4-7-13(19)8-5-12/h4-9,14-15H,10-11H2,1-3H3,(H,20,22)(H,21,23)/b9-6+. The van der Waals surface area contributed by atoms with Crippen LogP contribution < -0.4 is 10.6 Å². The molecular weight excluding hydrogens is 328 g/mol. The first-order chi connectivity index (χ1) is 11.2. The summed E-state index contributed by atoms with van der Waals surface area (Å²) in [5, 5.41) is 6.36. The number of benzene rings is 1. The monoisotopic (exact) mass is 350 g/mol. The molecule has 2 amide bonds. The molecule has 0 heterocycles. The van der Waals surface area contributed by atoms with Gasteiger partial charge in [0.05, 0.1) is 0 Å². The minimum absolute atomic E-state index is 0.0467. The number of hydrogen-bond donors (Lipinski definition) is 2. The van der Waals surface area contributed by atoms with Gasteiger partial charge in [0, 0.05) is 23.2 Å². The van der Waals surface area contributed by atoms with Crippen LogP contribution >= 0.6 is 11.6 Å². The summed E-state index contributed by atoms with van der Waals surface area (Å²) in [4.78, 5) is 23.5. The lowest BCUT2D eigenvalue weighted by atomic mass is 9.87. The predicted octanol–water partition coefficient (Wildman–Crippen LogP) is 3.53. The molecule has 1 fully saturated rings. The summed E-state index contributed by atoms with van der Waals surface area (Å²) in [5.74, 6) is -0.148. The summed E-state index contributed by atoms with van der Waals surface area (Å²) < 4.78 is 5.20. The zero-order valence-corrected chi connectivity index (χ0v) is 14.9. The van der Waals surface area contributed by atoms with Gasteiger partial charge >= 0.3 is 6.09 Å². The molecule has 6 heteroatoms. The van der Waals surface area contributed by atoms with Gasteiger partial charge in [-0.25, -0.2) is 4.79 Å². The number of halogens is 1. The van der Waals surface area contributed by atoms with Crippen molar-refractivity contribution >= 4 is 29.7 Å². The smallest absolute Gasteiger partial charge is 0.407 e. The van der Waals surface area contributed by atoms with Crippen LogP contribution in [-0.2, 0) is 9.53 Å². The fraction of sp³-hybridized carbons (Fsp3) is 0.444. The summed E-state index contributed by atoms with van der Waals surface area (Å²) in [7, 11) is 0. The van der Waals surface area contributed by atoms with Crippen molar-refractivity contribution in [2.24, 2.45) is 0 Å². The normalized spacial score (nSPS) is 20.3. The maximum atomic E-state index is 11.9. The fourth-order valence-electron chi connectivity index (χ4n) is 2.32. The van der Waals surface area contributed by atoms with Crippen molar-refractivity contribution in [3.8, 4) is 0 Å². The van der Waals surface area contributed by atoms with Gasteiger partial charge < -0.3 is 15.4 Å². The van der Waals surface area contributed by atoms with Crippen molar-refractivity contribution in [1.29, 1.82) is 0 Å². The second-order valence-electron chi connectivity index (χ2n) is 6.90. The molecular formula is C18H23ClN2O3. The van der Waals surface area contributed by atoms with E-state index in [1.165, 1.54) is 6.08 Å². The highest BCUT2D eigenvalue weighted by molar-refractivity contribution is 6.30. The van der Waals surface area contributed by atoms with Crippen LogP contribution in [0.25, 0.3) is 6.08 Å². The maximum Gasteiger partial charge on any atom is 0.407 e. The predicted molar refractivity (Wildman–Crippen MR) is 94.8 cm³/mol. The van der Waals surface area contributed by atoms with Crippen LogP contribution in [0.15, 0.2) is 30.3 Å². The molecule has 24 heavy (non-hydrogen) atoms. The highest BCUT2D eigenvalue weighted by Gasteiger charge is 2.32. The maximum absolute atomic E-state index is 11.9. The minimum atomic E-state index is -0.506. The van der Waals surface area contributed by atoms with E-state index in [1.54, 1.807) is 18.2 Å². The van der Waals surface area contributed by atoms with Crippen molar-refractivity contribution in [2.45, 2.75) is 51.3 Å². The number of carbonyl (C=O) groups is 2. The van der Waals surface area contributed by atoms with E-state index in [4.69, 9.17) is 16.3 Å². The number of carbonyl (C=O) groups excluding carboxylic acids is 2. The Morgan fingerprint density at radius 1 is 1.12 bits per heavy atom. The first-order valence-corrected chi connectivity index (χ1v) is 8.33. The van der Waals surface area contributed by atoms with Crippen LogP contribution in [0.3, 0.4) is 0 Å². The Labute approximate surface area is 147 Å². The topological polar surface area (TPSA) is 67.4 Å². The summed E-state index contributed by atoms with van der Waals surface area (Å²) in [6.07, 6.45) is 4.23. The summed E-state index contributed by atoms with van der Waals surface area (Å²) in [5.41, 5.74) is 0.404. The van der Waals surface area contributed by atoms with E-state index in [2.05, 4.69) is 10.6 Å². The van der Waals surface area contributed by atoms with Crippen molar-refractivity contribution in [1.82, 2.24) is 10.6 Å². The van der Waals surface area contributed by atoms with Crippen molar-refractivity contribution < 1.29 is 14.3 Å². The van der Waals surface area contributed by atoms with Crippen molar-refractivity contribution in [2.75, 3.05) is 0 Å². The summed E-state index contributed by atoms with van der Waals surface area (Å²) in [6, 6.07) is 7.36. The van der Waals surface area contributed by atoms with Gasteiger partial charge in [-0.3, -0.25) is 4.79 Å². The number of nitrogens with one attached hydrogen (secondary N) is 2. The van der Waals surface area contributed by atoms with E-state index in [1.807, 2.05) is 32.9 Å². The van der Waals surface area contributed by atoms with E-state index in [-0.39, 0.29) is 18.0 Å². The van der Waals surface area contributed by atoms with E-state index >= 15 is 0 Å². The van der Waals surface area contributed by atoms with Crippen molar-refractivity contribution in [3.63, 3.8) is 0 Å². The number of alkyl carbamates (subject to hydrolysis) is 1. The Balaban J connectivity index is 1.68. The zero-order valence-electron chi connectivity index (χ0n) is 14.1. The summed E-state index contributed by atoms with van der Waals surface area (Å²) >= 11 is 5.81. The third-order valence-corrected chi connectivity index (χ3v) is 3.75. The fourth-order valence-corrected chi connectivity index (χ4v) is 2.45. The first kappa shape index (κ1) is 18.3. The lowest BCUT2D eigenvalue weighted by Crippen LogP contribution is -2.54. The molecule has 2 N–H and O–H groups in total. The number of ether oxygens (including phenoxy) is 1. The average Bonchev–Trinajstić information content (AvgIpc) is 2.42. The molecule has 1 saturated carbocycles. The average molecular weight is 351 g/mol. The van der Waals surface area contributed by atoms with Gasteiger partial charge in [0.2, 0.25) is 5.91 Å². The molecule has 5 nitrogen and oxygen atoms in total. The molecule has 0 atom stereocenters. The number of hydrogen-bond acceptors (Lipinski definition) is 3. The van der Waals surface area contributed by atoms with Gasteiger partial charge in [0.15, 0.2) is 0 Å². The minimum Gasteiger partial charge on any atom is -0.444 e. The van der Waals surface area contributed by atoms with Crippen LogP contribution in [0.2, 0.25) is 5.02 Å². The van der Waals surface area contributed by atoms with Gasteiger partial charge in [-0.1, -0.05) is 23.7 Å². The molecule has 1 aliphatic carbocycles. The summed E-state index contributed by atoms with van der Waals surface area (Å²) in [6.45, 7) is 5.47. The molecule has 0 spiro atoms. The van der Waals surface area contributed by atoms with Crippen LogP contribution in [-0.4, -0.2) is 29.7 Å². The Morgan fingerprint density at radius 2 is 1.71 bits per heavy atom. The molecule has 0 bridgehead atoms. The van der Waals surface area contributed by atoms with Crippen molar-refractivity contribution in [3.05, 3.63) is 40.9 Å². The quantitative estimate of drug-likeness (QED) is 0.816. The molecule has 0 saturated heterocycles. The van der Waals surface area contributed by atoms with E-state index in [0.29, 0.717) is 17.9 Å². The van der Waals surface area contributed by atoms with Gasteiger partial charge in [-0.15, -0.1) is 0 Å². The molecule has 2 rings (SSSR count). The second-order valence-corrected chi connectivity index (χ2v) is 7.34. The Morgan fingerprint density at radius 3 is 2.29 bits per heavy atom. The molecule has 130 valence electrons. The van der Waals surface area contributed by atoms with E-state index in [9.17, 15) is 9.59 Å². The van der Waals surface area contributed by atoms with Crippen LogP contribution in [0.4, 0.5) is 4.79 Å². The molecule has 1 aromatic rings. The SMILES string of the molecule is CC(C)(C)OC(=O)NC1CC(NC(=O)/C=C/c2ccc(Cl)cc2)C1. The highest BCUT2D eigenvalue weighted by atomic mass is 35.5. The first-order valence-electron chi connectivity index (χ1n) is 7.95. The van der Waals surface area contributed by atoms with Gasteiger partial charge in [-0.05, 0) is 57.4 Å². The van der Waals surface area contributed by atoms with Crippen LogP contribution in [0, 0.1) is 0 Å². The Hall–Kier alpha value is -2.01. The molecule has 1 aromatic carbocycles. The van der Waals surface area contributed by atoms with Gasteiger partial charge in [0.25, 0.3) is 0 Å². The highest BCUT2D eigenvalue weighted by Crippen LogP contribution is 2.20. The van der Waals surface area contributed by atoms with E-state index in [0.717, 1.165) is 5.56 Å². The van der Waals surface area contributed by atoms with Gasteiger partial charge in [0.1, 0.15) is 5.60 Å². The van der Waals surface area contributed by atoms with Crippen LogP contribution in [0.5, 0.6) is 0 Å². The number of rotatable bonds is 4. The third kappa shape index (κ3) is 6.24. The Kier molecular flexibility index (Phi) is 5.89. The molecule has 0 aliphatic heterocycles. The zero-order chi connectivity index (χ0) is 17.7. The van der Waals surface area contributed by atoms with Gasteiger partial charge in [-0.2, -0.15) is 0 Å². The van der Waals surface area contributed by atoms with E-state index < -0.39 is 11.7 Å². The Bertz CT molecular complexity index is 614. The lowest BCUT2D eigenvalue weighted by Gasteiger charge is -2.36. The largest absolute Gasteiger partial charge is 0.444 e. The number of amides is 2. The molecule has 1 aliphatic rings. The lowest BCUT2D eigenvalue weighted by molar-refractivity contribution is -0.117. The molecule has 0 radical (unpaired) electrons. The molecule has 0 unspecified atom stereocenters. The second kappa shape index (κ2) is 7.71. The van der Waals surface area contributed by atoms with Crippen LogP contribution in [0.1, 0.15) is 39.2 Å².